The summed E-state index contributed by atoms with van der Waals surface area (Å²) in [7, 11) is 0. The first-order valence-electron chi connectivity index (χ1n) is 9.32. The molecule has 0 aliphatic heterocycles. The molecule has 159 valence electrons. The van der Waals surface area contributed by atoms with Crippen LogP contribution >= 0.6 is 0 Å². The summed E-state index contributed by atoms with van der Waals surface area (Å²) < 4.78 is 0. The third kappa shape index (κ3) is 14.8. The normalized spacial score (nSPS) is 10.5. The van der Waals surface area contributed by atoms with Crippen LogP contribution in [0.4, 0.5) is 0 Å². The Morgan fingerprint density at radius 1 is 0.967 bits per heavy atom. The zero-order chi connectivity index (χ0) is 21.3. The van der Waals surface area contributed by atoms with Gasteiger partial charge in [-0.05, 0) is 12.5 Å². The Morgan fingerprint density at radius 3 is 2.10 bits per heavy atom. The third-order valence-corrected chi connectivity index (χ3v) is 3.77. The second kappa shape index (κ2) is 17.7. The quantitative estimate of drug-likeness (QED) is 0.256. The minimum atomic E-state index is -1.17. The number of hydrogen-bond donors (Lipinski definition) is 3. The molecule has 0 spiro atoms. The van der Waals surface area contributed by atoms with Crippen molar-refractivity contribution in [3.05, 3.63) is 77.6 Å². The van der Waals surface area contributed by atoms with Crippen LogP contribution in [0.5, 0.6) is 0 Å². The monoisotopic (exact) mass is 487 g/mol. The molecule has 0 fully saturated rings. The van der Waals surface area contributed by atoms with Crippen LogP contribution in [0.3, 0.4) is 0 Å². The molecular weight excluding hydrogens is 461 g/mol. The van der Waals surface area contributed by atoms with Crippen LogP contribution in [0.1, 0.15) is 31.2 Å². The Balaban J connectivity index is 0.00000103. The average molecular weight is 487 g/mol. The molecule has 2 rings (SSSR count). The summed E-state index contributed by atoms with van der Waals surface area (Å²) in [5, 5.41) is 24.3. The first kappa shape index (κ1) is 27.9. The van der Waals surface area contributed by atoms with E-state index in [-0.39, 0.29) is 32.7 Å². The standard InChI is InChI=1S/C16H21N2O5.C6H5.Y/c19-14(10-15(20)21)17-9-5-4-8-13(16(22)23)18-11-12-6-2-1-3-7-12;1-2-4-6-5-3-1;/h1-3,6-7,13H,4-5,8-11H2,(H,17,19)(H,20,21)(H,22,23);1-5H;/q2*-1;. The van der Waals surface area contributed by atoms with Gasteiger partial charge in [-0.2, -0.15) is 36.4 Å². The van der Waals surface area contributed by atoms with Crippen molar-refractivity contribution in [1.29, 1.82) is 0 Å². The average Bonchev–Trinajstić information content (AvgIpc) is 2.71. The number of rotatable bonds is 11. The molecule has 7 nitrogen and oxygen atoms in total. The molecule has 1 radical (unpaired) electrons. The van der Waals surface area contributed by atoms with Crippen LogP contribution in [0, 0.1) is 6.07 Å². The van der Waals surface area contributed by atoms with Crippen molar-refractivity contribution in [2.75, 3.05) is 6.54 Å². The second-order valence-corrected chi connectivity index (χ2v) is 6.17. The van der Waals surface area contributed by atoms with Gasteiger partial charge in [0, 0.05) is 39.3 Å². The summed E-state index contributed by atoms with van der Waals surface area (Å²) in [5.74, 6) is -2.68. The van der Waals surface area contributed by atoms with Gasteiger partial charge in [0.15, 0.2) is 0 Å². The Bertz CT molecular complexity index is 702. The summed E-state index contributed by atoms with van der Waals surface area (Å²) in [6.45, 7) is 0.685. The van der Waals surface area contributed by atoms with E-state index in [1.54, 1.807) is 0 Å². The Labute approximate surface area is 202 Å². The number of carboxylic acids is 2. The number of nitrogens with one attached hydrogen (secondary N) is 1. The van der Waals surface area contributed by atoms with E-state index in [1.807, 2.05) is 60.7 Å². The van der Waals surface area contributed by atoms with Gasteiger partial charge in [0.25, 0.3) is 5.97 Å². The minimum Gasteiger partial charge on any atom is -0.646 e. The predicted octanol–water partition coefficient (Wildman–Crippen LogP) is 3.26. The molecule has 0 saturated heterocycles. The molecule has 0 aliphatic carbocycles. The van der Waals surface area contributed by atoms with Crippen LogP contribution in [0.2, 0.25) is 0 Å². The van der Waals surface area contributed by atoms with E-state index in [0.29, 0.717) is 32.4 Å². The zero-order valence-corrected chi connectivity index (χ0v) is 19.6. The number of hydrogen-bond acceptors (Lipinski definition) is 3. The molecule has 0 aromatic heterocycles. The molecule has 1 atom stereocenters. The number of unbranched alkanes of at least 4 members (excludes halogenated alkanes) is 1. The van der Waals surface area contributed by atoms with Gasteiger partial charge in [0.1, 0.15) is 6.42 Å². The van der Waals surface area contributed by atoms with Gasteiger partial charge in [-0.25, -0.2) is 0 Å². The first-order chi connectivity index (χ1) is 14.0. The molecule has 3 N–H and O–H groups in total. The fraction of sp³-hybridized carbons (Fsp3) is 0.318. The maximum Gasteiger partial charge on any atom is 0.312 e. The topological polar surface area (TPSA) is 118 Å². The van der Waals surface area contributed by atoms with E-state index >= 15 is 0 Å². The Kier molecular flexibility index (Phi) is 16.5. The second-order valence-electron chi connectivity index (χ2n) is 6.17. The smallest absolute Gasteiger partial charge is 0.312 e. The van der Waals surface area contributed by atoms with Gasteiger partial charge >= 0.3 is 5.97 Å². The van der Waals surface area contributed by atoms with Crippen molar-refractivity contribution in [3.8, 4) is 0 Å². The SMILES string of the molecule is O=C(O)CC(=O)NCCCCC([N-]Cc1ccccc1)C(=O)O.[Y].[c-]1ccccc1. The molecule has 0 bridgehead atoms. The van der Waals surface area contributed by atoms with E-state index in [2.05, 4.69) is 16.7 Å². The summed E-state index contributed by atoms with van der Waals surface area (Å²) in [4.78, 5) is 32.6. The van der Waals surface area contributed by atoms with Crippen molar-refractivity contribution in [2.24, 2.45) is 0 Å². The van der Waals surface area contributed by atoms with Crippen LogP contribution in [-0.2, 0) is 53.6 Å². The van der Waals surface area contributed by atoms with E-state index < -0.39 is 30.3 Å². The molecule has 2 aromatic carbocycles. The molecule has 1 amide bonds. The van der Waals surface area contributed by atoms with Crippen molar-refractivity contribution >= 4 is 17.8 Å². The van der Waals surface area contributed by atoms with Gasteiger partial charge in [0.2, 0.25) is 5.91 Å². The number of carboxylic acid groups (broad SMARTS) is 2. The largest absolute Gasteiger partial charge is 0.646 e. The van der Waals surface area contributed by atoms with E-state index in [1.165, 1.54) is 0 Å². The van der Waals surface area contributed by atoms with Gasteiger partial charge in [-0.3, -0.25) is 14.4 Å². The van der Waals surface area contributed by atoms with Gasteiger partial charge < -0.3 is 20.8 Å². The first-order valence-corrected chi connectivity index (χ1v) is 9.32. The van der Waals surface area contributed by atoms with Crippen molar-refractivity contribution in [2.45, 2.75) is 38.3 Å². The summed E-state index contributed by atoms with van der Waals surface area (Å²) >= 11 is 0. The molecule has 0 saturated carbocycles. The van der Waals surface area contributed by atoms with Crippen molar-refractivity contribution < 1.29 is 57.3 Å². The maximum absolute atomic E-state index is 11.2. The Morgan fingerprint density at radius 2 is 1.60 bits per heavy atom. The maximum atomic E-state index is 11.2. The molecule has 1 unspecified atom stereocenters. The van der Waals surface area contributed by atoms with Crippen LogP contribution in [0.25, 0.3) is 5.32 Å². The number of carbonyl (C=O) groups is 3. The predicted molar refractivity (Wildman–Crippen MR) is 109 cm³/mol. The number of aliphatic carboxylic acids is 2. The molecule has 2 aromatic rings. The number of nitrogens with zero attached hydrogens (tertiary/aromatic N) is 1. The van der Waals surface area contributed by atoms with E-state index in [0.717, 1.165) is 5.56 Å². The number of benzene rings is 2. The fourth-order valence-corrected chi connectivity index (χ4v) is 2.32. The molecule has 0 aliphatic rings. The fourth-order valence-electron chi connectivity index (χ4n) is 2.32. The third-order valence-electron chi connectivity index (χ3n) is 3.77. The summed E-state index contributed by atoms with van der Waals surface area (Å²) in [5.41, 5.74) is 0.958. The van der Waals surface area contributed by atoms with Gasteiger partial charge in [0.05, 0.1) is 0 Å². The number of amides is 1. The van der Waals surface area contributed by atoms with Crippen molar-refractivity contribution in [1.82, 2.24) is 5.32 Å². The van der Waals surface area contributed by atoms with E-state index in [9.17, 15) is 14.4 Å². The van der Waals surface area contributed by atoms with Gasteiger partial charge in [-0.15, -0.1) is 6.54 Å². The minimum absolute atomic E-state index is 0. The molecule has 30 heavy (non-hydrogen) atoms. The van der Waals surface area contributed by atoms with Crippen molar-refractivity contribution in [3.63, 3.8) is 0 Å². The van der Waals surface area contributed by atoms with Gasteiger partial charge in [-0.1, -0.05) is 48.7 Å². The molecule has 8 heteroatoms. The summed E-state index contributed by atoms with van der Waals surface area (Å²) in [6, 6.07) is 21.1. The van der Waals surface area contributed by atoms with E-state index in [4.69, 9.17) is 10.2 Å². The summed E-state index contributed by atoms with van der Waals surface area (Å²) in [6.07, 6.45) is 1.000. The van der Waals surface area contributed by atoms with Crippen LogP contribution in [-0.4, -0.2) is 40.6 Å². The molecule has 0 heterocycles. The zero-order valence-electron chi connectivity index (χ0n) is 16.7. The van der Waals surface area contributed by atoms with Crippen LogP contribution in [0.15, 0.2) is 60.7 Å². The molecular formula is C22H26N2O5Y-2. The Hall–Kier alpha value is -2.09. The number of carbonyl (C=O) groups excluding carboxylic acids is 1. The van der Waals surface area contributed by atoms with Crippen LogP contribution < -0.4 is 5.32 Å².